The van der Waals surface area contributed by atoms with E-state index in [1.165, 1.54) is 23.3 Å². The lowest BCUT2D eigenvalue weighted by atomic mass is 10.0. The van der Waals surface area contributed by atoms with E-state index in [-0.39, 0.29) is 17.9 Å². The number of thiophene rings is 1. The predicted molar refractivity (Wildman–Crippen MR) is 104 cm³/mol. The number of hydrazone groups is 1. The fourth-order valence-electron chi connectivity index (χ4n) is 3.07. The minimum Gasteiger partial charge on any atom is -0.467 e. The Kier molecular flexibility index (Phi) is 4.60. The molecule has 3 aromatic rings. The van der Waals surface area contributed by atoms with Crippen LogP contribution in [0.1, 0.15) is 40.4 Å². The van der Waals surface area contributed by atoms with E-state index < -0.39 is 0 Å². The zero-order chi connectivity index (χ0) is 18.8. The summed E-state index contributed by atoms with van der Waals surface area (Å²) in [5, 5.41) is 10.7. The second kappa shape index (κ2) is 7.20. The zero-order valence-electron chi connectivity index (χ0n) is 14.6. The lowest BCUT2D eigenvalue weighted by molar-refractivity contribution is -0.114. The van der Waals surface area contributed by atoms with Gasteiger partial charge in [-0.2, -0.15) is 5.10 Å². The summed E-state index contributed by atoms with van der Waals surface area (Å²) in [7, 11) is 0. The molecule has 1 aromatic carbocycles. The highest BCUT2D eigenvalue weighted by Crippen LogP contribution is 2.35. The summed E-state index contributed by atoms with van der Waals surface area (Å²) in [5.74, 6) is 0.402. The van der Waals surface area contributed by atoms with Crippen molar-refractivity contribution >= 4 is 34.6 Å². The molecular weight excluding hydrogens is 362 g/mol. The number of hydrogen-bond acceptors (Lipinski definition) is 5. The Morgan fingerprint density at radius 1 is 1.22 bits per heavy atom. The minimum absolute atomic E-state index is 0.136. The molecule has 0 radical (unpaired) electrons. The highest BCUT2D eigenvalue weighted by Gasteiger charge is 2.35. The van der Waals surface area contributed by atoms with Gasteiger partial charge in [-0.1, -0.05) is 18.2 Å². The van der Waals surface area contributed by atoms with Crippen molar-refractivity contribution in [1.29, 1.82) is 0 Å². The molecule has 1 aliphatic heterocycles. The first-order valence-corrected chi connectivity index (χ1v) is 9.36. The van der Waals surface area contributed by atoms with E-state index in [1.54, 1.807) is 18.4 Å². The summed E-state index contributed by atoms with van der Waals surface area (Å²) in [6, 6.07) is 14.4. The van der Waals surface area contributed by atoms with Gasteiger partial charge in [-0.25, -0.2) is 5.01 Å². The van der Waals surface area contributed by atoms with Crippen molar-refractivity contribution in [3.8, 4) is 0 Å². The molecular formula is C20H17N3O3S. The molecule has 27 heavy (non-hydrogen) atoms. The van der Waals surface area contributed by atoms with Crippen molar-refractivity contribution in [2.45, 2.75) is 19.4 Å². The Balaban J connectivity index is 1.68. The Morgan fingerprint density at radius 3 is 2.81 bits per heavy atom. The van der Waals surface area contributed by atoms with Gasteiger partial charge in [0, 0.05) is 19.0 Å². The van der Waals surface area contributed by atoms with Crippen LogP contribution in [0.3, 0.4) is 0 Å². The summed E-state index contributed by atoms with van der Waals surface area (Å²) in [5.41, 5.74) is 2.33. The average molecular weight is 379 g/mol. The molecule has 0 unspecified atom stereocenters. The number of nitrogens with one attached hydrogen (secondary N) is 1. The summed E-state index contributed by atoms with van der Waals surface area (Å²) < 4.78 is 5.55. The average Bonchev–Trinajstić information content (AvgIpc) is 3.41. The molecule has 1 atom stereocenters. The van der Waals surface area contributed by atoms with Crippen LogP contribution in [0, 0.1) is 0 Å². The molecule has 4 rings (SSSR count). The second-order valence-electron chi connectivity index (χ2n) is 6.17. The molecule has 2 aromatic heterocycles. The molecule has 1 aliphatic rings. The van der Waals surface area contributed by atoms with Crippen LogP contribution in [-0.4, -0.2) is 22.5 Å². The van der Waals surface area contributed by atoms with Crippen LogP contribution in [-0.2, 0) is 4.79 Å². The normalized spacial score (nSPS) is 16.3. The number of benzene rings is 1. The van der Waals surface area contributed by atoms with E-state index in [4.69, 9.17) is 4.42 Å². The zero-order valence-corrected chi connectivity index (χ0v) is 15.4. The molecule has 2 amide bonds. The maximum atomic E-state index is 12.9. The molecule has 0 aliphatic carbocycles. The van der Waals surface area contributed by atoms with Crippen LogP contribution in [0.15, 0.2) is 69.7 Å². The largest absolute Gasteiger partial charge is 0.467 e. The van der Waals surface area contributed by atoms with Crippen LogP contribution >= 0.6 is 11.3 Å². The Morgan fingerprint density at radius 2 is 2.11 bits per heavy atom. The van der Waals surface area contributed by atoms with Gasteiger partial charge in [0.2, 0.25) is 5.91 Å². The first-order valence-electron chi connectivity index (χ1n) is 8.48. The number of anilines is 1. The minimum atomic E-state index is -0.297. The summed E-state index contributed by atoms with van der Waals surface area (Å²) in [4.78, 5) is 24.9. The smallest absolute Gasteiger partial charge is 0.284 e. The van der Waals surface area contributed by atoms with Crippen LogP contribution in [0.2, 0.25) is 0 Å². The number of carbonyl (C=O) groups excluding carboxylic acids is 2. The first kappa shape index (κ1) is 17.2. The molecule has 0 fully saturated rings. The molecule has 7 heteroatoms. The molecule has 6 nitrogen and oxygen atoms in total. The SMILES string of the molecule is CC(=O)Nc1cccc(C2=NN(C(=O)c3cccs3)[C@@H](c3ccco3)C2)c1. The van der Waals surface area contributed by atoms with Crippen molar-refractivity contribution in [2.75, 3.05) is 5.32 Å². The monoisotopic (exact) mass is 379 g/mol. The highest BCUT2D eigenvalue weighted by atomic mass is 32.1. The molecule has 0 saturated heterocycles. The molecule has 0 bridgehead atoms. The Labute approximate surface area is 160 Å². The first-order chi connectivity index (χ1) is 13.1. The summed E-state index contributed by atoms with van der Waals surface area (Å²) in [6.07, 6.45) is 2.13. The standard InChI is InChI=1S/C20H17N3O3S/c1-13(24)21-15-6-2-5-14(11-15)16-12-17(18-7-3-9-26-18)23(22-16)20(25)19-8-4-10-27-19/h2-11,17H,12H2,1H3,(H,21,24)/t17-/m1/s1. The van der Waals surface area contributed by atoms with E-state index in [0.717, 1.165) is 11.3 Å². The van der Waals surface area contributed by atoms with Crippen LogP contribution in [0.25, 0.3) is 0 Å². The Bertz CT molecular complexity index is 993. The van der Waals surface area contributed by atoms with Gasteiger partial charge in [0.15, 0.2) is 0 Å². The maximum absolute atomic E-state index is 12.9. The molecule has 3 heterocycles. The van der Waals surface area contributed by atoms with Crippen molar-refractivity contribution in [2.24, 2.45) is 5.10 Å². The fraction of sp³-hybridized carbons (Fsp3) is 0.150. The van der Waals surface area contributed by atoms with Crippen molar-refractivity contribution < 1.29 is 14.0 Å². The predicted octanol–water partition coefficient (Wildman–Crippen LogP) is 4.29. The van der Waals surface area contributed by atoms with Gasteiger partial charge in [0.1, 0.15) is 11.8 Å². The van der Waals surface area contributed by atoms with Crippen molar-refractivity contribution in [3.63, 3.8) is 0 Å². The topological polar surface area (TPSA) is 74.9 Å². The third kappa shape index (κ3) is 3.54. The van der Waals surface area contributed by atoms with Gasteiger partial charge >= 0.3 is 0 Å². The Hall–Kier alpha value is -3.19. The summed E-state index contributed by atoms with van der Waals surface area (Å²) in [6.45, 7) is 1.47. The van der Waals surface area contributed by atoms with Gasteiger partial charge in [-0.3, -0.25) is 9.59 Å². The van der Waals surface area contributed by atoms with Gasteiger partial charge in [-0.05, 0) is 41.3 Å². The van der Waals surface area contributed by atoms with Gasteiger partial charge in [0.05, 0.1) is 16.9 Å². The van der Waals surface area contributed by atoms with Crippen LogP contribution < -0.4 is 5.32 Å². The van der Waals surface area contributed by atoms with E-state index in [1.807, 2.05) is 41.8 Å². The third-order valence-electron chi connectivity index (χ3n) is 4.24. The van der Waals surface area contributed by atoms with E-state index >= 15 is 0 Å². The van der Waals surface area contributed by atoms with E-state index in [9.17, 15) is 9.59 Å². The molecule has 0 spiro atoms. The highest BCUT2D eigenvalue weighted by molar-refractivity contribution is 7.12. The lowest BCUT2D eigenvalue weighted by Crippen LogP contribution is -2.26. The lowest BCUT2D eigenvalue weighted by Gasteiger charge is -2.19. The number of carbonyl (C=O) groups is 2. The number of nitrogens with zero attached hydrogens (tertiary/aromatic N) is 2. The maximum Gasteiger partial charge on any atom is 0.284 e. The third-order valence-corrected chi connectivity index (χ3v) is 5.10. The molecule has 0 saturated carbocycles. The van der Waals surface area contributed by atoms with E-state index in [2.05, 4.69) is 10.4 Å². The number of rotatable bonds is 4. The number of amides is 2. The quantitative estimate of drug-likeness (QED) is 0.735. The molecule has 1 N–H and O–H groups in total. The van der Waals surface area contributed by atoms with Gasteiger partial charge < -0.3 is 9.73 Å². The van der Waals surface area contributed by atoms with Gasteiger partial charge in [0.25, 0.3) is 5.91 Å². The molecule has 136 valence electrons. The second-order valence-corrected chi connectivity index (χ2v) is 7.12. The summed E-state index contributed by atoms with van der Waals surface area (Å²) >= 11 is 1.38. The number of hydrogen-bond donors (Lipinski definition) is 1. The fourth-order valence-corrected chi connectivity index (χ4v) is 3.72. The number of furan rings is 1. The van der Waals surface area contributed by atoms with E-state index in [0.29, 0.717) is 22.7 Å². The van der Waals surface area contributed by atoms with Crippen molar-refractivity contribution in [3.05, 3.63) is 76.4 Å². The van der Waals surface area contributed by atoms with Crippen LogP contribution in [0.4, 0.5) is 5.69 Å². The van der Waals surface area contributed by atoms with Crippen LogP contribution in [0.5, 0.6) is 0 Å². The van der Waals surface area contributed by atoms with Gasteiger partial charge in [-0.15, -0.1) is 11.3 Å². The van der Waals surface area contributed by atoms with Crippen molar-refractivity contribution in [1.82, 2.24) is 5.01 Å².